The molecule has 0 fully saturated rings. The van der Waals surface area contributed by atoms with E-state index in [9.17, 15) is 4.79 Å². The van der Waals surface area contributed by atoms with Crippen LogP contribution in [0.5, 0.6) is 0 Å². The lowest BCUT2D eigenvalue weighted by molar-refractivity contribution is 0.0934. The standard InChI is InChI=1S/C16H13BrINOS/c17-13-6-5-10(18)9-12(13)16(20)19-14-7-8-21-15-4-2-1-3-11(14)15/h1-6,9,14H,7-8H2,(H,19,20). The van der Waals surface area contributed by atoms with E-state index in [0.717, 1.165) is 20.2 Å². The third kappa shape index (κ3) is 3.46. The van der Waals surface area contributed by atoms with Crippen molar-refractivity contribution >= 4 is 56.2 Å². The van der Waals surface area contributed by atoms with E-state index in [4.69, 9.17) is 0 Å². The molecular formula is C16H13BrINOS. The molecule has 0 radical (unpaired) electrons. The SMILES string of the molecule is O=C(NC1CCSc2ccccc21)c1cc(I)ccc1Br. The summed E-state index contributed by atoms with van der Waals surface area (Å²) in [6.07, 6.45) is 0.967. The highest BCUT2D eigenvalue weighted by molar-refractivity contribution is 14.1. The van der Waals surface area contributed by atoms with Gasteiger partial charge in [-0.1, -0.05) is 18.2 Å². The molecule has 0 aliphatic carbocycles. The van der Waals surface area contributed by atoms with Crippen molar-refractivity contribution in [2.45, 2.75) is 17.4 Å². The minimum Gasteiger partial charge on any atom is -0.345 e. The number of thioether (sulfide) groups is 1. The number of hydrogen-bond donors (Lipinski definition) is 1. The highest BCUT2D eigenvalue weighted by Crippen LogP contribution is 2.36. The highest BCUT2D eigenvalue weighted by atomic mass is 127. The summed E-state index contributed by atoms with van der Waals surface area (Å²) in [7, 11) is 0. The Bertz CT molecular complexity index is 692. The largest absolute Gasteiger partial charge is 0.345 e. The monoisotopic (exact) mass is 473 g/mol. The van der Waals surface area contributed by atoms with Gasteiger partial charge in [0, 0.05) is 18.7 Å². The minimum absolute atomic E-state index is 0.0212. The van der Waals surface area contributed by atoms with Gasteiger partial charge in [0.05, 0.1) is 11.6 Å². The number of hydrogen-bond acceptors (Lipinski definition) is 2. The first kappa shape index (κ1) is 15.4. The minimum atomic E-state index is -0.0212. The number of carbonyl (C=O) groups excluding carboxylic acids is 1. The number of halogens is 2. The van der Waals surface area contributed by atoms with E-state index >= 15 is 0 Å². The Morgan fingerprint density at radius 2 is 2.10 bits per heavy atom. The maximum atomic E-state index is 12.5. The van der Waals surface area contributed by atoms with E-state index < -0.39 is 0 Å². The predicted octanol–water partition coefficient (Wildman–Crippen LogP) is 5.02. The normalized spacial score (nSPS) is 17.1. The number of carbonyl (C=O) groups is 1. The highest BCUT2D eigenvalue weighted by Gasteiger charge is 2.23. The number of amides is 1. The molecule has 3 rings (SSSR count). The van der Waals surface area contributed by atoms with Gasteiger partial charge in [-0.15, -0.1) is 11.8 Å². The van der Waals surface area contributed by atoms with Crippen molar-refractivity contribution in [1.29, 1.82) is 0 Å². The zero-order valence-electron chi connectivity index (χ0n) is 11.1. The molecule has 1 atom stereocenters. The molecule has 2 aromatic rings. The third-order valence-corrected chi connectivity index (χ3v) is 5.92. The molecule has 5 heteroatoms. The molecule has 1 N–H and O–H groups in total. The second-order valence-electron chi connectivity index (χ2n) is 4.83. The van der Waals surface area contributed by atoms with Crippen LogP contribution in [0.3, 0.4) is 0 Å². The van der Waals surface area contributed by atoms with Crippen molar-refractivity contribution in [1.82, 2.24) is 5.32 Å². The molecular weight excluding hydrogens is 461 g/mol. The summed E-state index contributed by atoms with van der Waals surface area (Å²) >= 11 is 7.54. The van der Waals surface area contributed by atoms with Gasteiger partial charge in [0.25, 0.3) is 5.91 Å². The van der Waals surface area contributed by atoms with Crippen LogP contribution in [0.25, 0.3) is 0 Å². The van der Waals surface area contributed by atoms with Crippen molar-refractivity contribution in [3.63, 3.8) is 0 Å². The summed E-state index contributed by atoms with van der Waals surface area (Å²) in [6.45, 7) is 0. The van der Waals surface area contributed by atoms with Gasteiger partial charge >= 0.3 is 0 Å². The van der Waals surface area contributed by atoms with Crippen molar-refractivity contribution in [2.24, 2.45) is 0 Å². The smallest absolute Gasteiger partial charge is 0.252 e. The van der Waals surface area contributed by atoms with Crippen LogP contribution in [0.2, 0.25) is 0 Å². The third-order valence-electron chi connectivity index (χ3n) is 3.44. The fourth-order valence-electron chi connectivity index (χ4n) is 2.40. The van der Waals surface area contributed by atoms with Crippen molar-refractivity contribution in [3.05, 3.63) is 61.6 Å². The number of nitrogens with one attached hydrogen (secondary N) is 1. The van der Waals surface area contributed by atoms with Gasteiger partial charge in [0.15, 0.2) is 0 Å². The molecule has 0 bridgehead atoms. The van der Waals surface area contributed by atoms with Gasteiger partial charge < -0.3 is 5.32 Å². The Morgan fingerprint density at radius 3 is 2.95 bits per heavy atom. The molecule has 1 amide bonds. The van der Waals surface area contributed by atoms with Crippen molar-refractivity contribution < 1.29 is 4.79 Å². The fourth-order valence-corrected chi connectivity index (χ4v) is 4.44. The lowest BCUT2D eigenvalue weighted by atomic mass is 10.0. The molecule has 21 heavy (non-hydrogen) atoms. The molecule has 0 saturated carbocycles. The van der Waals surface area contributed by atoms with Crippen LogP contribution in [-0.2, 0) is 0 Å². The maximum absolute atomic E-state index is 12.5. The van der Waals surface area contributed by atoms with Crippen LogP contribution >= 0.6 is 50.3 Å². The first-order chi connectivity index (χ1) is 10.1. The topological polar surface area (TPSA) is 29.1 Å². The van der Waals surface area contributed by atoms with E-state index in [1.807, 2.05) is 42.1 Å². The lowest BCUT2D eigenvalue weighted by Gasteiger charge is -2.26. The molecule has 1 aliphatic heterocycles. The quantitative estimate of drug-likeness (QED) is 0.620. The maximum Gasteiger partial charge on any atom is 0.252 e. The molecule has 0 saturated heterocycles. The van der Waals surface area contributed by atoms with Gasteiger partial charge in [0.1, 0.15) is 0 Å². The lowest BCUT2D eigenvalue weighted by Crippen LogP contribution is -2.30. The molecule has 0 spiro atoms. The van der Waals surface area contributed by atoms with E-state index in [1.165, 1.54) is 10.5 Å². The fraction of sp³-hybridized carbons (Fsp3) is 0.188. The first-order valence-corrected chi connectivity index (χ1v) is 9.48. The van der Waals surface area contributed by atoms with E-state index in [0.29, 0.717) is 5.56 Å². The van der Waals surface area contributed by atoms with Gasteiger partial charge in [-0.25, -0.2) is 0 Å². The van der Waals surface area contributed by atoms with Crippen LogP contribution in [0.15, 0.2) is 51.8 Å². The summed E-state index contributed by atoms with van der Waals surface area (Å²) in [5, 5.41) is 3.17. The molecule has 2 nitrogen and oxygen atoms in total. The van der Waals surface area contributed by atoms with Crippen LogP contribution in [0.4, 0.5) is 0 Å². The Hall–Kier alpha value is -0.530. The Labute approximate surface area is 150 Å². The molecule has 108 valence electrons. The summed E-state index contributed by atoms with van der Waals surface area (Å²) < 4.78 is 1.89. The van der Waals surface area contributed by atoms with Crippen molar-refractivity contribution in [2.75, 3.05) is 5.75 Å². The van der Waals surface area contributed by atoms with Crippen LogP contribution in [-0.4, -0.2) is 11.7 Å². The summed E-state index contributed by atoms with van der Waals surface area (Å²) in [5.41, 5.74) is 1.92. The average Bonchev–Trinajstić information content (AvgIpc) is 2.50. The summed E-state index contributed by atoms with van der Waals surface area (Å²) in [6, 6.07) is 14.2. The van der Waals surface area contributed by atoms with E-state index in [-0.39, 0.29) is 11.9 Å². The first-order valence-electron chi connectivity index (χ1n) is 6.63. The van der Waals surface area contributed by atoms with Crippen LogP contribution in [0.1, 0.15) is 28.4 Å². The Balaban J connectivity index is 1.84. The van der Waals surface area contributed by atoms with E-state index in [1.54, 1.807) is 0 Å². The second-order valence-corrected chi connectivity index (χ2v) is 8.06. The van der Waals surface area contributed by atoms with E-state index in [2.05, 4.69) is 56.0 Å². The second kappa shape index (κ2) is 6.71. The zero-order valence-corrected chi connectivity index (χ0v) is 15.7. The number of rotatable bonds is 2. The molecule has 0 aromatic heterocycles. The van der Waals surface area contributed by atoms with Crippen LogP contribution in [0, 0.1) is 3.57 Å². The summed E-state index contributed by atoms with van der Waals surface area (Å²) in [4.78, 5) is 13.8. The van der Waals surface area contributed by atoms with Gasteiger partial charge in [-0.2, -0.15) is 0 Å². The molecule has 2 aromatic carbocycles. The predicted molar refractivity (Wildman–Crippen MR) is 98.8 cm³/mol. The number of fused-ring (bicyclic) bond motifs is 1. The van der Waals surface area contributed by atoms with Gasteiger partial charge in [-0.05, 0) is 74.8 Å². The Kier molecular flexibility index (Phi) is 4.91. The average molecular weight is 474 g/mol. The van der Waals surface area contributed by atoms with Gasteiger partial charge in [-0.3, -0.25) is 4.79 Å². The van der Waals surface area contributed by atoms with Crippen LogP contribution < -0.4 is 5.32 Å². The molecule has 1 heterocycles. The molecule has 1 aliphatic rings. The zero-order chi connectivity index (χ0) is 14.8. The number of benzene rings is 2. The summed E-state index contributed by atoms with van der Waals surface area (Å²) in [5.74, 6) is 1.02. The van der Waals surface area contributed by atoms with Gasteiger partial charge in [0.2, 0.25) is 0 Å². The molecule has 1 unspecified atom stereocenters. The van der Waals surface area contributed by atoms with Crippen molar-refractivity contribution in [3.8, 4) is 0 Å². The Morgan fingerprint density at radius 1 is 1.29 bits per heavy atom.